The van der Waals surface area contributed by atoms with E-state index in [4.69, 9.17) is 14.2 Å². The summed E-state index contributed by atoms with van der Waals surface area (Å²) in [6, 6.07) is 15.8. The lowest BCUT2D eigenvalue weighted by atomic mass is 9.72. The molecular weight excluding hydrogens is 404 g/mol. The van der Waals surface area contributed by atoms with Crippen molar-refractivity contribution in [3.05, 3.63) is 76.1 Å². The summed E-state index contributed by atoms with van der Waals surface area (Å²) in [7, 11) is 4.79. The molecular formula is C26H26N2O4. The quantitative estimate of drug-likeness (QED) is 0.747. The summed E-state index contributed by atoms with van der Waals surface area (Å²) in [6.45, 7) is 1.89. The number of nitrogens with one attached hydrogen (secondary N) is 1. The summed E-state index contributed by atoms with van der Waals surface area (Å²) >= 11 is 0. The number of benzene rings is 2. The monoisotopic (exact) mass is 430 g/mol. The van der Waals surface area contributed by atoms with Crippen molar-refractivity contribution < 1.29 is 19.0 Å². The number of ketones is 1. The van der Waals surface area contributed by atoms with E-state index in [9.17, 15) is 10.1 Å². The van der Waals surface area contributed by atoms with E-state index in [1.165, 1.54) is 0 Å². The van der Waals surface area contributed by atoms with Crippen LogP contribution in [-0.4, -0.2) is 27.1 Å². The molecule has 1 heterocycles. The first-order valence-electron chi connectivity index (χ1n) is 10.5. The number of carbonyl (C=O) groups is 1. The van der Waals surface area contributed by atoms with Gasteiger partial charge in [0.15, 0.2) is 17.3 Å². The number of rotatable bonds is 5. The van der Waals surface area contributed by atoms with Gasteiger partial charge in [0.1, 0.15) is 5.75 Å². The standard InChI is InChI=1S/C26H26N2O4/c1-15-20(14-27)25(17-7-10-23(31-3)24(13-17)32-4)26-21(28-15)11-18(12-22(26)29)16-5-8-19(30-2)9-6-16/h5-10,13,18,25,28H,11-12H2,1-4H3/t18-,25-/m0/s1. The minimum absolute atomic E-state index is 0.0552. The van der Waals surface area contributed by atoms with Crippen LogP contribution in [-0.2, 0) is 4.79 Å². The molecule has 1 N–H and O–H groups in total. The van der Waals surface area contributed by atoms with Gasteiger partial charge in [0.05, 0.1) is 38.9 Å². The van der Waals surface area contributed by atoms with Crippen LogP contribution in [0, 0.1) is 11.3 Å². The maximum Gasteiger partial charge on any atom is 0.162 e. The highest BCUT2D eigenvalue weighted by atomic mass is 16.5. The fourth-order valence-corrected chi connectivity index (χ4v) is 4.66. The average Bonchev–Trinajstić information content (AvgIpc) is 2.82. The van der Waals surface area contributed by atoms with E-state index in [2.05, 4.69) is 11.4 Å². The van der Waals surface area contributed by atoms with Crippen LogP contribution in [0.5, 0.6) is 17.2 Å². The Kier molecular flexibility index (Phi) is 5.91. The number of carbonyl (C=O) groups excluding carboxylic acids is 1. The third-order valence-corrected chi connectivity index (χ3v) is 6.28. The van der Waals surface area contributed by atoms with Crippen LogP contribution in [0.2, 0.25) is 0 Å². The van der Waals surface area contributed by atoms with Gasteiger partial charge in [0, 0.05) is 23.4 Å². The van der Waals surface area contributed by atoms with E-state index in [1.54, 1.807) is 21.3 Å². The molecule has 2 aromatic rings. The highest BCUT2D eigenvalue weighted by Gasteiger charge is 2.39. The molecule has 0 aromatic heterocycles. The number of methoxy groups -OCH3 is 3. The van der Waals surface area contributed by atoms with Gasteiger partial charge in [0.2, 0.25) is 0 Å². The molecule has 2 aromatic carbocycles. The highest BCUT2D eigenvalue weighted by molar-refractivity contribution is 6.00. The van der Waals surface area contributed by atoms with Crippen LogP contribution < -0.4 is 19.5 Å². The second kappa shape index (κ2) is 8.80. The zero-order valence-electron chi connectivity index (χ0n) is 18.7. The third kappa shape index (κ3) is 3.71. The second-order valence-corrected chi connectivity index (χ2v) is 8.02. The van der Waals surface area contributed by atoms with E-state index >= 15 is 0 Å². The fraction of sp³-hybridized carbons (Fsp3) is 0.308. The Morgan fingerprint density at radius 1 is 0.938 bits per heavy atom. The minimum Gasteiger partial charge on any atom is -0.497 e. The number of allylic oxidation sites excluding steroid dienone is 4. The normalized spacial score (nSPS) is 20.3. The molecule has 1 aliphatic carbocycles. The zero-order valence-corrected chi connectivity index (χ0v) is 18.7. The van der Waals surface area contributed by atoms with Gasteiger partial charge in [-0.1, -0.05) is 18.2 Å². The summed E-state index contributed by atoms with van der Waals surface area (Å²) in [5.41, 5.74) is 4.82. The summed E-state index contributed by atoms with van der Waals surface area (Å²) in [5.74, 6) is 1.66. The van der Waals surface area contributed by atoms with Gasteiger partial charge in [-0.2, -0.15) is 5.26 Å². The second-order valence-electron chi connectivity index (χ2n) is 8.02. The van der Waals surface area contributed by atoms with E-state index in [0.29, 0.717) is 35.5 Å². The smallest absolute Gasteiger partial charge is 0.162 e. The number of nitrogens with zero attached hydrogens (tertiary/aromatic N) is 1. The molecule has 0 radical (unpaired) electrons. The lowest BCUT2D eigenvalue weighted by Crippen LogP contribution is -2.33. The molecule has 6 nitrogen and oxygen atoms in total. The molecule has 0 saturated carbocycles. The van der Waals surface area contributed by atoms with E-state index in [0.717, 1.165) is 28.3 Å². The van der Waals surface area contributed by atoms with Gasteiger partial charge in [-0.05, 0) is 54.7 Å². The van der Waals surface area contributed by atoms with Crippen molar-refractivity contribution in [2.45, 2.75) is 31.6 Å². The number of nitriles is 1. The average molecular weight is 431 g/mol. The Bertz CT molecular complexity index is 1160. The van der Waals surface area contributed by atoms with Gasteiger partial charge in [-0.15, -0.1) is 0 Å². The predicted molar refractivity (Wildman–Crippen MR) is 121 cm³/mol. The van der Waals surface area contributed by atoms with Crippen LogP contribution >= 0.6 is 0 Å². The van der Waals surface area contributed by atoms with Crippen LogP contribution in [0.3, 0.4) is 0 Å². The molecule has 2 aliphatic rings. The van der Waals surface area contributed by atoms with Crippen molar-refractivity contribution in [2.24, 2.45) is 0 Å². The zero-order chi connectivity index (χ0) is 22.8. The van der Waals surface area contributed by atoms with Crippen LogP contribution in [0.1, 0.15) is 42.7 Å². The van der Waals surface area contributed by atoms with Crippen LogP contribution in [0.15, 0.2) is 65.0 Å². The Balaban J connectivity index is 1.76. The molecule has 0 spiro atoms. The van der Waals surface area contributed by atoms with Crippen molar-refractivity contribution in [3.63, 3.8) is 0 Å². The molecule has 0 saturated heterocycles. The van der Waals surface area contributed by atoms with E-state index in [1.807, 2.05) is 49.4 Å². The van der Waals surface area contributed by atoms with Gasteiger partial charge in [-0.25, -0.2) is 0 Å². The maximum atomic E-state index is 13.5. The van der Waals surface area contributed by atoms with E-state index in [-0.39, 0.29) is 11.7 Å². The summed E-state index contributed by atoms with van der Waals surface area (Å²) < 4.78 is 16.1. The predicted octanol–water partition coefficient (Wildman–Crippen LogP) is 4.60. The van der Waals surface area contributed by atoms with Gasteiger partial charge in [-0.3, -0.25) is 4.79 Å². The van der Waals surface area contributed by atoms with Crippen molar-refractivity contribution in [1.82, 2.24) is 5.32 Å². The molecule has 4 rings (SSSR count). The molecule has 0 fully saturated rings. The SMILES string of the molecule is COc1ccc([C@@H]2CC(=O)C3=C(C2)NC(C)=C(C#N)[C@@H]3c2ccc(OC)c(OC)c2)cc1. The fourth-order valence-electron chi connectivity index (χ4n) is 4.66. The maximum absolute atomic E-state index is 13.5. The van der Waals surface area contributed by atoms with Crippen molar-refractivity contribution in [3.8, 4) is 23.3 Å². The number of Topliss-reactive ketones (excluding diaryl/α,β-unsaturated/α-hetero) is 1. The van der Waals surface area contributed by atoms with Gasteiger partial charge >= 0.3 is 0 Å². The van der Waals surface area contributed by atoms with Gasteiger partial charge in [0.25, 0.3) is 0 Å². The Hall–Kier alpha value is -3.72. The lowest BCUT2D eigenvalue weighted by Gasteiger charge is -2.35. The van der Waals surface area contributed by atoms with Crippen LogP contribution in [0.4, 0.5) is 0 Å². The Labute approximate surface area is 188 Å². The molecule has 0 amide bonds. The molecule has 164 valence electrons. The largest absolute Gasteiger partial charge is 0.497 e. The van der Waals surface area contributed by atoms with Crippen molar-refractivity contribution in [2.75, 3.05) is 21.3 Å². The minimum atomic E-state index is -0.430. The first-order chi connectivity index (χ1) is 15.5. The number of ether oxygens (including phenoxy) is 3. The summed E-state index contributed by atoms with van der Waals surface area (Å²) in [6.07, 6.45) is 1.10. The molecule has 2 atom stereocenters. The molecule has 1 aliphatic heterocycles. The number of dihydropyridines is 1. The first kappa shape index (κ1) is 21.5. The molecule has 0 unspecified atom stereocenters. The lowest BCUT2D eigenvalue weighted by molar-refractivity contribution is -0.116. The number of hydrogen-bond acceptors (Lipinski definition) is 6. The third-order valence-electron chi connectivity index (χ3n) is 6.28. The van der Waals surface area contributed by atoms with Crippen molar-refractivity contribution >= 4 is 5.78 Å². The summed E-state index contributed by atoms with van der Waals surface area (Å²) in [5, 5.41) is 13.3. The van der Waals surface area contributed by atoms with Gasteiger partial charge < -0.3 is 19.5 Å². The summed E-state index contributed by atoms with van der Waals surface area (Å²) in [4.78, 5) is 13.5. The van der Waals surface area contributed by atoms with E-state index < -0.39 is 5.92 Å². The molecule has 6 heteroatoms. The Morgan fingerprint density at radius 3 is 2.25 bits per heavy atom. The number of hydrogen-bond donors (Lipinski definition) is 1. The molecule has 0 bridgehead atoms. The Morgan fingerprint density at radius 2 is 1.62 bits per heavy atom. The highest BCUT2D eigenvalue weighted by Crippen LogP contribution is 2.46. The van der Waals surface area contributed by atoms with Crippen LogP contribution in [0.25, 0.3) is 0 Å². The van der Waals surface area contributed by atoms with Crippen molar-refractivity contribution in [1.29, 1.82) is 5.26 Å². The first-order valence-corrected chi connectivity index (χ1v) is 10.5. The topological polar surface area (TPSA) is 80.6 Å². The molecule has 32 heavy (non-hydrogen) atoms.